The molecule has 0 saturated heterocycles. The number of methoxy groups -OCH3 is 1. The predicted molar refractivity (Wildman–Crippen MR) is 66.9 cm³/mol. The van der Waals surface area contributed by atoms with E-state index in [0.717, 1.165) is 11.3 Å². The maximum absolute atomic E-state index is 11.8. The van der Waals surface area contributed by atoms with E-state index in [4.69, 9.17) is 10.5 Å². The van der Waals surface area contributed by atoms with E-state index >= 15 is 0 Å². The number of anilines is 1. The number of hydrogen-bond acceptors (Lipinski definition) is 4. The monoisotopic (exact) mass is 242 g/mol. The van der Waals surface area contributed by atoms with Gasteiger partial charge in [-0.25, -0.2) is 0 Å². The van der Waals surface area contributed by atoms with Crippen LogP contribution in [0.2, 0.25) is 0 Å². The Hall–Kier alpha value is -1.07. The quantitative estimate of drug-likeness (QED) is 0.827. The maximum Gasteiger partial charge on any atom is 0.261 e. The molecule has 4 nitrogen and oxygen atoms in total. The first-order valence-electron chi connectivity index (χ1n) is 5.24. The van der Waals surface area contributed by atoms with Crippen molar-refractivity contribution in [2.75, 3.05) is 19.5 Å². The van der Waals surface area contributed by atoms with Crippen LogP contribution in [-0.2, 0) is 4.74 Å². The normalized spacial score (nSPS) is 12.4. The molecule has 0 aromatic carbocycles. The van der Waals surface area contributed by atoms with Crippen molar-refractivity contribution in [3.05, 3.63) is 15.8 Å². The molecule has 0 bridgehead atoms. The molecule has 1 rings (SSSR count). The summed E-state index contributed by atoms with van der Waals surface area (Å²) in [6.07, 6.45) is 0.847. The van der Waals surface area contributed by atoms with Gasteiger partial charge in [-0.3, -0.25) is 4.79 Å². The van der Waals surface area contributed by atoms with Gasteiger partial charge in [0.25, 0.3) is 5.91 Å². The van der Waals surface area contributed by atoms with Crippen LogP contribution in [0.3, 0.4) is 0 Å². The van der Waals surface area contributed by atoms with E-state index in [0.29, 0.717) is 17.2 Å². The Bertz CT molecular complexity index is 343. The maximum atomic E-state index is 11.8. The van der Waals surface area contributed by atoms with Crippen molar-refractivity contribution in [1.29, 1.82) is 0 Å². The summed E-state index contributed by atoms with van der Waals surface area (Å²) in [6.45, 7) is 4.45. The van der Waals surface area contributed by atoms with Crippen LogP contribution in [0.5, 0.6) is 0 Å². The lowest BCUT2D eigenvalue weighted by Gasteiger charge is -2.14. The average Bonchev–Trinajstić information content (AvgIpc) is 2.58. The van der Waals surface area contributed by atoms with Crippen LogP contribution in [0.1, 0.15) is 27.9 Å². The molecule has 1 unspecified atom stereocenters. The van der Waals surface area contributed by atoms with E-state index in [2.05, 4.69) is 5.32 Å². The number of hydrogen-bond donors (Lipinski definition) is 2. The number of carbonyl (C=O) groups excluding carboxylic acids is 1. The van der Waals surface area contributed by atoms with Gasteiger partial charge < -0.3 is 15.8 Å². The molecule has 16 heavy (non-hydrogen) atoms. The Balaban J connectivity index is 2.64. The molecular weight excluding hydrogens is 224 g/mol. The minimum Gasteiger partial charge on any atom is -0.398 e. The largest absolute Gasteiger partial charge is 0.398 e. The lowest BCUT2D eigenvalue weighted by molar-refractivity contribution is 0.0898. The van der Waals surface area contributed by atoms with Gasteiger partial charge in [0.1, 0.15) is 0 Å². The van der Waals surface area contributed by atoms with Gasteiger partial charge >= 0.3 is 0 Å². The number of rotatable bonds is 5. The van der Waals surface area contributed by atoms with Gasteiger partial charge in [0.2, 0.25) is 0 Å². The molecule has 1 aromatic rings. The van der Waals surface area contributed by atoms with Crippen LogP contribution in [0.4, 0.5) is 5.69 Å². The minimum atomic E-state index is -0.0753. The number of nitrogens with one attached hydrogen (secondary N) is 1. The van der Waals surface area contributed by atoms with Crippen LogP contribution in [0, 0.1) is 6.92 Å². The van der Waals surface area contributed by atoms with Crippen LogP contribution in [-0.4, -0.2) is 25.7 Å². The molecule has 0 aliphatic heterocycles. The number of amides is 1. The van der Waals surface area contributed by atoms with Gasteiger partial charge in [0, 0.05) is 17.7 Å². The van der Waals surface area contributed by atoms with Crippen molar-refractivity contribution in [1.82, 2.24) is 5.32 Å². The summed E-state index contributed by atoms with van der Waals surface area (Å²) >= 11 is 1.42. The van der Waals surface area contributed by atoms with E-state index in [1.165, 1.54) is 11.3 Å². The second kappa shape index (κ2) is 5.86. The van der Waals surface area contributed by atoms with Gasteiger partial charge in [-0.1, -0.05) is 6.92 Å². The summed E-state index contributed by atoms with van der Waals surface area (Å²) in [5.74, 6) is -0.0753. The number of carbonyl (C=O) groups is 1. The van der Waals surface area contributed by atoms with Crippen LogP contribution < -0.4 is 11.1 Å². The number of ether oxygens (including phenoxy) is 1. The third-order valence-electron chi connectivity index (χ3n) is 2.38. The van der Waals surface area contributed by atoms with E-state index in [1.54, 1.807) is 13.2 Å². The zero-order valence-electron chi connectivity index (χ0n) is 9.87. The van der Waals surface area contributed by atoms with Crippen LogP contribution >= 0.6 is 11.3 Å². The smallest absolute Gasteiger partial charge is 0.261 e. The standard InChI is InChI=1S/C11H18N2O2S/c1-4-8(6-15-3)13-11(14)10-5-9(12)7(2)16-10/h5,8H,4,6,12H2,1-3H3,(H,13,14). The summed E-state index contributed by atoms with van der Waals surface area (Å²) in [4.78, 5) is 13.5. The first kappa shape index (κ1) is 13.0. The molecule has 0 radical (unpaired) electrons. The average molecular weight is 242 g/mol. The molecule has 1 heterocycles. The molecular formula is C11H18N2O2S. The summed E-state index contributed by atoms with van der Waals surface area (Å²) in [6, 6.07) is 1.77. The number of thiophene rings is 1. The Morgan fingerprint density at radius 2 is 2.38 bits per heavy atom. The van der Waals surface area contributed by atoms with Crippen molar-refractivity contribution in [2.24, 2.45) is 0 Å². The highest BCUT2D eigenvalue weighted by atomic mass is 32.1. The Morgan fingerprint density at radius 3 is 2.81 bits per heavy atom. The highest BCUT2D eigenvalue weighted by Gasteiger charge is 2.14. The molecule has 0 saturated carbocycles. The van der Waals surface area contributed by atoms with Crippen LogP contribution in [0.15, 0.2) is 6.07 Å². The Kier molecular flexibility index (Phi) is 4.76. The van der Waals surface area contributed by atoms with Gasteiger partial charge in [0.05, 0.1) is 17.5 Å². The highest BCUT2D eigenvalue weighted by Crippen LogP contribution is 2.23. The van der Waals surface area contributed by atoms with E-state index in [1.807, 2.05) is 13.8 Å². The molecule has 1 atom stereocenters. The Labute approximate surface area is 99.8 Å². The molecule has 90 valence electrons. The molecule has 3 N–H and O–H groups in total. The molecule has 0 aliphatic carbocycles. The zero-order valence-corrected chi connectivity index (χ0v) is 10.7. The summed E-state index contributed by atoms with van der Waals surface area (Å²) in [7, 11) is 1.63. The van der Waals surface area contributed by atoms with Crippen molar-refractivity contribution >= 4 is 22.9 Å². The van der Waals surface area contributed by atoms with Gasteiger partial charge in [-0.2, -0.15) is 0 Å². The summed E-state index contributed by atoms with van der Waals surface area (Å²) < 4.78 is 5.02. The van der Waals surface area contributed by atoms with Crippen molar-refractivity contribution < 1.29 is 9.53 Å². The fourth-order valence-corrected chi connectivity index (χ4v) is 2.17. The lowest BCUT2D eigenvalue weighted by Crippen LogP contribution is -2.37. The lowest BCUT2D eigenvalue weighted by atomic mass is 10.2. The topological polar surface area (TPSA) is 64.3 Å². The van der Waals surface area contributed by atoms with Crippen molar-refractivity contribution in [3.8, 4) is 0 Å². The van der Waals surface area contributed by atoms with Gasteiger partial charge in [0.15, 0.2) is 0 Å². The summed E-state index contributed by atoms with van der Waals surface area (Å²) in [5, 5.41) is 2.92. The number of nitrogens with two attached hydrogens (primary N) is 1. The zero-order chi connectivity index (χ0) is 12.1. The van der Waals surface area contributed by atoms with Crippen molar-refractivity contribution in [3.63, 3.8) is 0 Å². The first-order chi connectivity index (χ1) is 7.58. The second-order valence-electron chi connectivity index (χ2n) is 3.66. The third-order valence-corrected chi connectivity index (χ3v) is 3.44. The van der Waals surface area contributed by atoms with E-state index < -0.39 is 0 Å². The summed E-state index contributed by atoms with van der Waals surface area (Å²) in [5.41, 5.74) is 6.38. The number of nitrogen functional groups attached to an aromatic ring is 1. The minimum absolute atomic E-state index is 0.0566. The molecule has 0 spiro atoms. The highest BCUT2D eigenvalue weighted by molar-refractivity contribution is 7.14. The van der Waals surface area contributed by atoms with Gasteiger partial charge in [-0.05, 0) is 19.4 Å². The van der Waals surface area contributed by atoms with Gasteiger partial charge in [-0.15, -0.1) is 11.3 Å². The number of aryl methyl sites for hydroxylation is 1. The van der Waals surface area contributed by atoms with E-state index in [9.17, 15) is 4.79 Å². The van der Waals surface area contributed by atoms with Crippen molar-refractivity contribution in [2.45, 2.75) is 26.3 Å². The fraction of sp³-hybridized carbons (Fsp3) is 0.545. The first-order valence-corrected chi connectivity index (χ1v) is 6.05. The molecule has 1 amide bonds. The molecule has 0 fully saturated rings. The second-order valence-corrected chi connectivity index (χ2v) is 4.91. The van der Waals surface area contributed by atoms with Crippen LogP contribution in [0.25, 0.3) is 0 Å². The molecule has 0 aliphatic rings. The van der Waals surface area contributed by atoms with E-state index in [-0.39, 0.29) is 11.9 Å². The third kappa shape index (κ3) is 3.21. The molecule has 5 heteroatoms. The molecule has 1 aromatic heterocycles. The Morgan fingerprint density at radius 1 is 1.69 bits per heavy atom. The predicted octanol–water partition coefficient (Wildman–Crippen LogP) is 1.79. The SMILES string of the molecule is CCC(COC)NC(=O)c1cc(N)c(C)s1. The fourth-order valence-electron chi connectivity index (χ4n) is 1.33.